The van der Waals surface area contributed by atoms with Crippen LogP contribution < -0.4 is 0 Å². The highest BCUT2D eigenvalue weighted by Crippen LogP contribution is 2.05. The molecule has 1 heterocycles. The van der Waals surface area contributed by atoms with Crippen molar-refractivity contribution in [3.8, 4) is 6.07 Å². The second-order valence-electron chi connectivity index (χ2n) is 4.32. The second kappa shape index (κ2) is 9.45. The van der Waals surface area contributed by atoms with Gasteiger partial charge in [0.25, 0.3) is 0 Å². The molecule has 1 atom stereocenters. The Morgan fingerprint density at radius 1 is 1.58 bits per heavy atom. The predicted molar refractivity (Wildman–Crippen MR) is 72.2 cm³/mol. The van der Waals surface area contributed by atoms with Gasteiger partial charge in [-0.1, -0.05) is 6.07 Å². The fourth-order valence-electron chi connectivity index (χ4n) is 1.80. The average Bonchev–Trinajstić information content (AvgIpc) is 2.43. The Kier molecular flexibility index (Phi) is 7.75. The first-order valence-corrected chi connectivity index (χ1v) is 6.50. The van der Waals surface area contributed by atoms with Crippen molar-refractivity contribution in [2.75, 3.05) is 26.3 Å². The van der Waals surface area contributed by atoms with E-state index in [1.54, 1.807) is 12.4 Å². The largest absolute Gasteiger partial charge is 0.389 e. The maximum atomic E-state index is 9.86. The normalized spacial score (nSPS) is 12.3. The van der Waals surface area contributed by atoms with Crippen molar-refractivity contribution in [1.29, 1.82) is 5.26 Å². The van der Waals surface area contributed by atoms with E-state index in [1.165, 1.54) is 0 Å². The summed E-state index contributed by atoms with van der Waals surface area (Å²) in [7, 11) is 0. The molecule has 1 aromatic rings. The topological polar surface area (TPSA) is 69.4 Å². The van der Waals surface area contributed by atoms with Gasteiger partial charge in [0.1, 0.15) is 0 Å². The van der Waals surface area contributed by atoms with Gasteiger partial charge >= 0.3 is 0 Å². The van der Waals surface area contributed by atoms with Crippen LogP contribution in [0.5, 0.6) is 0 Å². The average molecular weight is 263 g/mol. The van der Waals surface area contributed by atoms with Crippen molar-refractivity contribution in [1.82, 2.24) is 9.88 Å². The van der Waals surface area contributed by atoms with Crippen molar-refractivity contribution >= 4 is 0 Å². The van der Waals surface area contributed by atoms with Crippen molar-refractivity contribution in [3.05, 3.63) is 30.1 Å². The third-order valence-electron chi connectivity index (χ3n) is 2.65. The van der Waals surface area contributed by atoms with Gasteiger partial charge in [-0.25, -0.2) is 0 Å². The van der Waals surface area contributed by atoms with Gasteiger partial charge in [0.05, 0.1) is 18.8 Å². The molecule has 1 aromatic heterocycles. The van der Waals surface area contributed by atoms with Crippen molar-refractivity contribution in [2.24, 2.45) is 0 Å². The maximum Gasteiger partial charge on any atom is 0.0900 e. The van der Waals surface area contributed by atoms with Crippen LogP contribution in [-0.2, 0) is 11.3 Å². The number of pyridine rings is 1. The molecule has 0 saturated heterocycles. The van der Waals surface area contributed by atoms with Crippen LogP contribution in [0, 0.1) is 11.3 Å². The molecule has 0 aliphatic heterocycles. The van der Waals surface area contributed by atoms with Gasteiger partial charge in [0.15, 0.2) is 0 Å². The van der Waals surface area contributed by atoms with E-state index < -0.39 is 6.10 Å². The van der Waals surface area contributed by atoms with E-state index in [0.29, 0.717) is 39.3 Å². The molecule has 0 aliphatic rings. The minimum absolute atomic E-state index is 0.326. The fourth-order valence-corrected chi connectivity index (χ4v) is 1.80. The molecule has 0 fully saturated rings. The Hall–Kier alpha value is -1.48. The van der Waals surface area contributed by atoms with E-state index in [-0.39, 0.29) is 0 Å². The molecule has 104 valence electrons. The fraction of sp³-hybridized carbons (Fsp3) is 0.571. The molecule has 0 radical (unpaired) electrons. The summed E-state index contributed by atoms with van der Waals surface area (Å²) >= 11 is 0. The lowest BCUT2D eigenvalue weighted by atomic mass is 10.2. The minimum Gasteiger partial charge on any atom is -0.389 e. The first kappa shape index (κ1) is 15.6. The zero-order valence-corrected chi connectivity index (χ0v) is 11.3. The molecule has 1 unspecified atom stereocenters. The van der Waals surface area contributed by atoms with E-state index >= 15 is 0 Å². The highest BCUT2D eigenvalue weighted by atomic mass is 16.5. The quantitative estimate of drug-likeness (QED) is 0.725. The van der Waals surface area contributed by atoms with Gasteiger partial charge in [-0.15, -0.1) is 0 Å². The SMILES string of the molecule is CCOCC(O)CN(CCC#N)Cc1cccnc1. The second-order valence-corrected chi connectivity index (χ2v) is 4.32. The number of aliphatic hydroxyl groups is 1. The summed E-state index contributed by atoms with van der Waals surface area (Å²) < 4.78 is 5.20. The van der Waals surface area contributed by atoms with E-state index in [2.05, 4.69) is 11.1 Å². The summed E-state index contributed by atoms with van der Waals surface area (Å²) in [6.07, 6.45) is 3.44. The highest BCUT2D eigenvalue weighted by Gasteiger charge is 2.12. The standard InChI is InChI=1S/C14H21N3O2/c1-2-19-12-14(18)11-17(8-4-6-15)10-13-5-3-7-16-9-13/h3,5,7,9,14,18H,2,4,8,10-12H2,1H3. The molecule has 0 bridgehead atoms. The highest BCUT2D eigenvalue weighted by molar-refractivity contribution is 5.08. The van der Waals surface area contributed by atoms with E-state index in [0.717, 1.165) is 5.56 Å². The van der Waals surface area contributed by atoms with Gasteiger partial charge < -0.3 is 9.84 Å². The van der Waals surface area contributed by atoms with Gasteiger partial charge in [0, 0.05) is 45.1 Å². The molecule has 0 aliphatic carbocycles. The Balaban J connectivity index is 2.49. The Morgan fingerprint density at radius 3 is 3.05 bits per heavy atom. The van der Waals surface area contributed by atoms with Crippen molar-refractivity contribution in [3.63, 3.8) is 0 Å². The van der Waals surface area contributed by atoms with Crippen LogP contribution in [0.3, 0.4) is 0 Å². The first-order valence-electron chi connectivity index (χ1n) is 6.50. The number of hydrogen-bond donors (Lipinski definition) is 1. The van der Waals surface area contributed by atoms with E-state index in [9.17, 15) is 5.11 Å². The molecule has 0 saturated carbocycles. The van der Waals surface area contributed by atoms with Gasteiger partial charge in [-0.3, -0.25) is 9.88 Å². The number of ether oxygens (including phenoxy) is 1. The molecule has 5 heteroatoms. The van der Waals surface area contributed by atoms with Crippen molar-refractivity contribution < 1.29 is 9.84 Å². The third-order valence-corrected chi connectivity index (χ3v) is 2.65. The van der Waals surface area contributed by atoms with Crippen molar-refractivity contribution in [2.45, 2.75) is 26.0 Å². The van der Waals surface area contributed by atoms with Crippen LogP contribution in [0.25, 0.3) is 0 Å². The lowest BCUT2D eigenvalue weighted by Gasteiger charge is -2.24. The maximum absolute atomic E-state index is 9.86. The minimum atomic E-state index is -0.532. The molecule has 19 heavy (non-hydrogen) atoms. The van der Waals surface area contributed by atoms with Crippen LogP contribution in [0.15, 0.2) is 24.5 Å². The molecule has 0 aromatic carbocycles. The third kappa shape index (κ3) is 6.87. The number of aliphatic hydroxyl groups excluding tert-OH is 1. The van der Waals surface area contributed by atoms with Crippen LogP contribution >= 0.6 is 0 Å². The Labute approximate surface area is 114 Å². The van der Waals surface area contributed by atoms with Gasteiger partial charge in [0.2, 0.25) is 0 Å². The molecule has 1 rings (SSSR count). The summed E-state index contributed by atoms with van der Waals surface area (Å²) in [4.78, 5) is 6.11. The summed E-state index contributed by atoms with van der Waals surface area (Å²) in [5.41, 5.74) is 1.07. The van der Waals surface area contributed by atoms with Crippen LogP contribution in [0.2, 0.25) is 0 Å². The molecule has 0 spiro atoms. The summed E-state index contributed by atoms with van der Waals surface area (Å²) in [6.45, 7) is 4.63. The number of rotatable bonds is 9. The molecule has 5 nitrogen and oxygen atoms in total. The lowest BCUT2D eigenvalue weighted by molar-refractivity contribution is 0.0199. The number of nitriles is 1. The van der Waals surface area contributed by atoms with E-state index in [1.807, 2.05) is 24.0 Å². The Morgan fingerprint density at radius 2 is 2.42 bits per heavy atom. The van der Waals surface area contributed by atoms with Crippen LogP contribution in [-0.4, -0.2) is 47.4 Å². The number of nitrogens with zero attached hydrogens (tertiary/aromatic N) is 3. The molecular formula is C14H21N3O2. The van der Waals surface area contributed by atoms with E-state index in [4.69, 9.17) is 10.00 Å². The molecular weight excluding hydrogens is 242 g/mol. The zero-order valence-electron chi connectivity index (χ0n) is 11.3. The first-order chi connectivity index (χ1) is 9.26. The molecule has 1 N–H and O–H groups in total. The summed E-state index contributed by atoms with van der Waals surface area (Å²) in [6, 6.07) is 6.00. The molecule has 0 amide bonds. The van der Waals surface area contributed by atoms with Crippen LogP contribution in [0.1, 0.15) is 18.9 Å². The Bertz CT molecular complexity index is 378. The zero-order chi connectivity index (χ0) is 13.9. The summed E-state index contributed by atoms with van der Waals surface area (Å²) in [5.74, 6) is 0. The number of aromatic nitrogens is 1. The summed E-state index contributed by atoms with van der Waals surface area (Å²) in [5, 5.41) is 18.5. The lowest BCUT2D eigenvalue weighted by Crippen LogP contribution is -2.35. The monoisotopic (exact) mass is 263 g/mol. The van der Waals surface area contributed by atoms with Gasteiger partial charge in [-0.05, 0) is 18.6 Å². The number of hydrogen-bond acceptors (Lipinski definition) is 5. The predicted octanol–water partition coefficient (Wildman–Crippen LogP) is 1.19. The van der Waals surface area contributed by atoms with Crippen LogP contribution in [0.4, 0.5) is 0 Å². The van der Waals surface area contributed by atoms with Gasteiger partial charge in [-0.2, -0.15) is 5.26 Å². The smallest absolute Gasteiger partial charge is 0.0900 e.